The summed E-state index contributed by atoms with van der Waals surface area (Å²) in [7, 11) is 5.57. The van der Waals surface area contributed by atoms with Crippen LogP contribution in [0.2, 0.25) is 0 Å². The maximum absolute atomic E-state index is 3.49. The van der Waals surface area contributed by atoms with E-state index in [1.54, 1.807) is 12.0 Å². The van der Waals surface area contributed by atoms with Gasteiger partial charge in [0, 0.05) is 7.06 Å². The average molecular weight is 86.5 g/mol. The summed E-state index contributed by atoms with van der Waals surface area (Å²) < 4.78 is 0. The lowest BCUT2D eigenvalue weighted by Crippen LogP contribution is -2.07. The zero-order valence-corrected chi connectivity index (χ0v) is 4.30. The van der Waals surface area contributed by atoms with Crippen molar-refractivity contribution in [1.82, 2.24) is 0 Å². The molecule has 7 heavy (non-hydrogen) atoms. The van der Waals surface area contributed by atoms with E-state index < -0.39 is 0 Å². The van der Waals surface area contributed by atoms with E-state index in [1.807, 2.05) is 21.4 Å². The topological polar surface area (TPSA) is 0 Å². The molecule has 3 heteroatoms. The van der Waals surface area contributed by atoms with Gasteiger partial charge in [0.05, 0.1) is 14.3 Å². The Balaban J connectivity index is 2.68. The fraction of sp³-hybridized carbons (Fsp3) is 0. The summed E-state index contributed by atoms with van der Waals surface area (Å²) in [6.45, 7) is 6.98. The highest BCUT2D eigenvalue weighted by atomic mass is 13.1. The summed E-state index contributed by atoms with van der Waals surface area (Å²) in [5, 5.41) is 0. The van der Waals surface area contributed by atoms with Crippen LogP contribution < -0.4 is 0 Å². The van der Waals surface area contributed by atoms with Gasteiger partial charge in [0.15, 0.2) is 0 Å². The van der Waals surface area contributed by atoms with E-state index in [0.717, 1.165) is 0 Å². The molecule has 0 bridgehead atoms. The molecule has 0 aliphatic rings. The molecule has 0 aromatic heterocycles. The summed E-state index contributed by atoms with van der Waals surface area (Å²) in [6.07, 6.45) is 0. The predicted molar refractivity (Wildman–Crippen MR) is 37.7 cm³/mol. The van der Waals surface area contributed by atoms with Gasteiger partial charge in [0.2, 0.25) is 0 Å². The Morgan fingerprint density at radius 3 is 1.71 bits per heavy atom. The van der Waals surface area contributed by atoms with Crippen molar-refractivity contribution in [2.75, 3.05) is 0 Å². The van der Waals surface area contributed by atoms with Crippen LogP contribution in [0.3, 0.4) is 0 Å². The molecule has 0 aromatic carbocycles. The quantitative estimate of drug-likeness (QED) is 0.339. The van der Waals surface area contributed by atoms with E-state index in [-0.39, 0.29) is 0 Å². The molecule has 0 aromatic rings. The fourth-order valence-corrected chi connectivity index (χ4v) is 0.221. The first-order valence-electron chi connectivity index (χ1n) is 2.15. The van der Waals surface area contributed by atoms with Crippen molar-refractivity contribution in [3.05, 3.63) is 25.1 Å². The highest BCUT2D eigenvalue weighted by molar-refractivity contribution is 7.31. The summed E-state index contributed by atoms with van der Waals surface area (Å²) in [6, 6.07) is 0. The van der Waals surface area contributed by atoms with Gasteiger partial charge in [0.25, 0.3) is 0 Å². The molecule has 31 valence electrons. The van der Waals surface area contributed by atoms with E-state index in [2.05, 4.69) is 13.2 Å². The molecule has 0 fully saturated rings. The molecule has 3 radical (unpaired) electrons. The predicted octanol–water partition coefficient (Wildman–Crippen LogP) is 0.216. The van der Waals surface area contributed by atoms with Gasteiger partial charge in [-0.25, -0.2) is 0 Å². The third kappa shape index (κ3) is 5.67. The van der Waals surface area contributed by atoms with Gasteiger partial charge < -0.3 is 0 Å². The first kappa shape index (κ1) is 6.67. The monoisotopic (exact) mass is 87.1 g/mol. The van der Waals surface area contributed by atoms with Crippen LogP contribution in [0.15, 0.2) is 25.1 Å². The molecule has 0 saturated carbocycles. The van der Waals surface area contributed by atoms with Gasteiger partial charge in [0.1, 0.15) is 0 Å². The molecule has 0 unspecified atom stereocenters. The Kier molecular flexibility index (Phi) is 5.41. The standard InChI is InChI=1S/C4H6B3/c1-3-5-7-6-4-2/h3-4H,1-2H2. The Morgan fingerprint density at radius 1 is 1.00 bits per heavy atom. The van der Waals surface area contributed by atoms with E-state index in [4.69, 9.17) is 0 Å². The number of hydrogen-bond donors (Lipinski definition) is 0. The maximum atomic E-state index is 3.49. The summed E-state index contributed by atoms with van der Waals surface area (Å²) in [5.74, 6) is 3.44. The number of rotatable bonds is 4. The van der Waals surface area contributed by atoms with Gasteiger partial charge in [-0.15, -0.1) is 25.1 Å². The van der Waals surface area contributed by atoms with Crippen molar-refractivity contribution < 1.29 is 0 Å². The van der Waals surface area contributed by atoms with Crippen LogP contribution in [0.4, 0.5) is 0 Å². The van der Waals surface area contributed by atoms with Crippen molar-refractivity contribution in [1.29, 1.82) is 0 Å². The van der Waals surface area contributed by atoms with Crippen molar-refractivity contribution in [3.63, 3.8) is 0 Å². The first-order chi connectivity index (χ1) is 3.41. The van der Waals surface area contributed by atoms with E-state index in [1.165, 1.54) is 0 Å². The third-order valence-corrected chi connectivity index (χ3v) is 0.494. The largest absolute Gasteiger partial charge is 0.140 e. The highest BCUT2D eigenvalue weighted by Gasteiger charge is 1.81. The van der Waals surface area contributed by atoms with Crippen LogP contribution >= 0.6 is 0 Å². The van der Waals surface area contributed by atoms with Crippen LogP contribution in [0.5, 0.6) is 0 Å². The Hall–Kier alpha value is -0.325. The van der Waals surface area contributed by atoms with Crippen molar-refractivity contribution >= 4 is 21.4 Å². The third-order valence-electron chi connectivity index (χ3n) is 0.494. The van der Waals surface area contributed by atoms with Gasteiger partial charge in [-0.1, -0.05) is 0 Å². The molecule has 0 amide bonds. The lowest BCUT2D eigenvalue weighted by atomic mass is 9.20. The van der Waals surface area contributed by atoms with Gasteiger partial charge in [-0.3, -0.25) is 0 Å². The van der Waals surface area contributed by atoms with E-state index >= 15 is 0 Å². The summed E-state index contributed by atoms with van der Waals surface area (Å²) in [5.41, 5.74) is 0. The van der Waals surface area contributed by atoms with Crippen LogP contribution in [-0.4, -0.2) is 21.4 Å². The molecule has 0 heterocycles. The molecular weight excluding hydrogens is 80.5 g/mol. The summed E-state index contributed by atoms with van der Waals surface area (Å²) >= 11 is 0. The average Bonchev–Trinajstić information content (AvgIpc) is 1.69. The fourth-order valence-electron chi connectivity index (χ4n) is 0.221. The highest BCUT2D eigenvalue weighted by Crippen LogP contribution is 1.58. The second-order valence-electron chi connectivity index (χ2n) is 1.05. The van der Waals surface area contributed by atoms with Crippen LogP contribution in [-0.2, 0) is 0 Å². The minimum atomic E-state index is 1.72. The molecule has 0 atom stereocenters. The van der Waals surface area contributed by atoms with E-state index in [0.29, 0.717) is 0 Å². The molecule has 0 aliphatic heterocycles. The zero-order valence-electron chi connectivity index (χ0n) is 4.30. The second-order valence-corrected chi connectivity index (χ2v) is 1.05. The molecule has 0 nitrogen and oxygen atoms in total. The maximum Gasteiger partial charge on any atom is 0.0860 e. The van der Waals surface area contributed by atoms with Crippen molar-refractivity contribution in [2.24, 2.45) is 0 Å². The normalized spacial score (nSPS) is 6.29. The van der Waals surface area contributed by atoms with Crippen molar-refractivity contribution in [3.8, 4) is 0 Å². The minimum absolute atomic E-state index is 1.72. The van der Waals surface area contributed by atoms with Gasteiger partial charge in [-0.05, 0) is 0 Å². The molecular formula is C4H6B3. The van der Waals surface area contributed by atoms with Crippen LogP contribution in [0, 0.1) is 0 Å². The summed E-state index contributed by atoms with van der Waals surface area (Å²) in [4.78, 5) is 0. The van der Waals surface area contributed by atoms with Crippen LogP contribution in [0.25, 0.3) is 0 Å². The lowest BCUT2D eigenvalue weighted by molar-refractivity contribution is 2.58. The zero-order chi connectivity index (χ0) is 5.54. The Bertz CT molecular complexity index is 52.0. The van der Waals surface area contributed by atoms with Crippen molar-refractivity contribution in [2.45, 2.75) is 0 Å². The van der Waals surface area contributed by atoms with Crippen LogP contribution in [0.1, 0.15) is 0 Å². The Labute approximate surface area is 47.4 Å². The van der Waals surface area contributed by atoms with E-state index in [9.17, 15) is 0 Å². The number of hydrogen-bond acceptors (Lipinski definition) is 0. The molecule has 0 aliphatic carbocycles. The van der Waals surface area contributed by atoms with Gasteiger partial charge >= 0.3 is 0 Å². The molecule has 0 spiro atoms. The van der Waals surface area contributed by atoms with Gasteiger partial charge in [-0.2, -0.15) is 0 Å². The smallest absolute Gasteiger partial charge is 0.0860 e. The molecule has 0 saturated heterocycles. The SMILES string of the molecule is C=C[B][B][B]C=C. The minimum Gasteiger partial charge on any atom is -0.140 e. The lowest BCUT2D eigenvalue weighted by Gasteiger charge is -1.77. The second kappa shape index (κ2) is 5.67. The molecule has 0 rings (SSSR count). The Morgan fingerprint density at radius 2 is 1.43 bits per heavy atom. The first-order valence-corrected chi connectivity index (χ1v) is 2.15. The molecule has 0 N–H and O–H groups in total.